The fourth-order valence-electron chi connectivity index (χ4n) is 4.08. The molecule has 0 radical (unpaired) electrons. The van der Waals surface area contributed by atoms with Gasteiger partial charge in [0.1, 0.15) is 5.82 Å². The van der Waals surface area contributed by atoms with Crippen molar-refractivity contribution in [2.75, 3.05) is 19.6 Å². The molecule has 0 bridgehead atoms. The van der Waals surface area contributed by atoms with E-state index in [1.165, 1.54) is 24.3 Å². The van der Waals surface area contributed by atoms with Gasteiger partial charge in [-0.15, -0.1) is 0 Å². The maximum absolute atomic E-state index is 13.0. The van der Waals surface area contributed by atoms with Crippen molar-refractivity contribution in [3.63, 3.8) is 0 Å². The molecule has 2 aromatic carbocycles. The Balaban J connectivity index is 1.26. The van der Waals surface area contributed by atoms with Crippen molar-refractivity contribution in [1.29, 1.82) is 0 Å². The largest absolute Gasteiger partial charge is 0.472 e. The van der Waals surface area contributed by atoms with Gasteiger partial charge in [-0.05, 0) is 67.3 Å². The van der Waals surface area contributed by atoms with E-state index in [0.29, 0.717) is 24.8 Å². The third kappa shape index (κ3) is 4.69. The normalized spacial score (nSPS) is 16.5. The first-order chi connectivity index (χ1) is 14.5. The average molecular weight is 407 g/mol. The number of hydrogen-bond donors (Lipinski definition) is 1. The summed E-state index contributed by atoms with van der Waals surface area (Å²) in [5.41, 5.74) is 2.79. The Bertz CT molecular complexity index is 957. The van der Waals surface area contributed by atoms with E-state index in [2.05, 4.69) is 4.90 Å². The number of furan rings is 1. The van der Waals surface area contributed by atoms with E-state index in [-0.39, 0.29) is 11.6 Å². The van der Waals surface area contributed by atoms with Crippen LogP contribution in [0.15, 0.2) is 71.5 Å². The van der Waals surface area contributed by atoms with Crippen LogP contribution in [0.1, 0.15) is 41.6 Å². The first kappa shape index (κ1) is 20.5. The van der Waals surface area contributed by atoms with Crippen molar-refractivity contribution in [3.05, 3.63) is 84.1 Å². The van der Waals surface area contributed by atoms with Crippen LogP contribution in [-0.4, -0.2) is 35.4 Å². The molecule has 0 atom stereocenters. The lowest BCUT2D eigenvalue weighted by Crippen LogP contribution is -2.42. The number of ketones is 1. The third-order valence-electron chi connectivity index (χ3n) is 6.00. The van der Waals surface area contributed by atoms with Crippen molar-refractivity contribution < 1.29 is 18.7 Å². The molecule has 1 saturated heterocycles. The zero-order valence-corrected chi connectivity index (χ0v) is 16.9. The molecule has 4 nitrogen and oxygen atoms in total. The average Bonchev–Trinajstić information content (AvgIpc) is 3.31. The van der Waals surface area contributed by atoms with E-state index >= 15 is 0 Å². The lowest BCUT2D eigenvalue weighted by atomic mass is 9.84. The molecule has 0 aliphatic carbocycles. The van der Waals surface area contributed by atoms with Gasteiger partial charge in [0.15, 0.2) is 5.78 Å². The second-order valence-corrected chi connectivity index (χ2v) is 8.00. The molecule has 1 N–H and O–H groups in total. The van der Waals surface area contributed by atoms with Crippen molar-refractivity contribution >= 4 is 5.78 Å². The molecule has 0 amide bonds. The number of hydrogen-bond acceptors (Lipinski definition) is 4. The first-order valence-corrected chi connectivity index (χ1v) is 10.4. The molecule has 30 heavy (non-hydrogen) atoms. The highest BCUT2D eigenvalue weighted by Gasteiger charge is 2.33. The smallest absolute Gasteiger partial charge is 0.162 e. The van der Waals surface area contributed by atoms with Gasteiger partial charge >= 0.3 is 0 Å². The van der Waals surface area contributed by atoms with Crippen LogP contribution >= 0.6 is 0 Å². The molecule has 0 saturated carbocycles. The summed E-state index contributed by atoms with van der Waals surface area (Å²) in [4.78, 5) is 14.5. The SMILES string of the molecule is O=C(CCCN1CCC(O)(c2ccc(-c3ccoc3)cc2)CC1)c1ccc(F)cc1. The van der Waals surface area contributed by atoms with E-state index in [1.54, 1.807) is 12.5 Å². The summed E-state index contributed by atoms with van der Waals surface area (Å²) in [6.45, 7) is 2.41. The fourth-order valence-corrected chi connectivity index (χ4v) is 4.08. The maximum atomic E-state index is 13.0. The van der Waals surface area contributed by atoms with Crippen LogP contribution in [0.3, 0.4) is 0 Å². The summed E-state index contributed by atoms with van der Waals surface area (Å²) in [6, 6.07) is 15.7. The molecular formula is C25H26FNO3. The molecule has 0 unspecified atom stereocenters. The van der Waals surface area contributed by atoms with Gasteiger partial charge in [0, 0.05) is 30.6 Å². The van der Waals surface area contributed by atoms with Crippen LogP contribution in [0.25, 0.3) is 11.1 Å². The lowest BCUT2D eigenvalue weighted by Gasteiger charge is -2.38. The van der Waals surface area contributed by atoms with Crippen LogP contribution in [-0.2, 0) is 5.60 Å². The van der Waals surface area contributed by atoms with E-state index < -0.39 is 5.60 Å². The van der Waals surface area contributed by atoms with Crippen molar-refractivity contribution in [2.45, 2.75) is 31.3 Å². The minimum absolute atomic E-state index is 0.0428. The molecule has 2 heterocycles. The topological polar surface area (TPSA) is 53.7 Å². The van der Waals surface area contributed by atoms with Crippen LogP contribution in [0.5, 0.6) is 0 Å². The number of piperidine rings is 1. The molecular weight excluding hydrogens is 381 g/mol. The number of benzene rings is 2. The molecule has 1 aromatic heterocycles. The van der Waals surface area contributed by atoms with Crippen molar-refractivity contribution in [3.8, 4) is 11.1 Å². The first-order valence-electron chi connectivity index (χ1n) is 10.4. The number of nitrogens with zero attached hydrogens (tertiary/aromatic N) is 1. The van der Waals surface area contributed by atoms with Crippen molar-refractivity contribution in [2.24, 2.45) is 0 Å². The zero-order chi connectivity index (χ0) is 21.0. The Morgan fingerprint density at radius 2 is 1.70 bits per heavy atom. The summed E-state index contributed by atoms with van der Waals surface area (Å²) < 4.78 is 18.1. The summed E-state index contributed by atoms with van der Waals surface area (Å²) in [6.07, 6.45) is 5.91. The lowest BCUT2D eigenvalue weighted by molar-refractivity contribution is -0.0260. The van der Waals surface area contributed by atoms with Gasteiger partial charge in [-0.25, -0.2) is 4.39 Å². The van der Waals surface area contributed by atoms with E-state index in [1.807, 2.05) is 30.3 Å². The Morgan fingerprint density at radius 3 is 2.33 bits per heavy atom. The molecule has 4 rings (SSSR count). The summed E-state index contributed by atoms with van der Waals surface area (Å²) >= 11 is 0. The van der Waals surface area contributed by atoms with Gasteiger partial charge in [-0.3, -0.25) is 4.79 Å². The number of carbonyl (C=O) groups is 1. The monoisotopic (exact) mass is 407 g/mol. The van der Waals surface area contributed by atoms with Crippen LogP contribution in [0, 0.1) is 5.82 Å². The summed E-state index contributed by atoms with van der Waals surface area (Å²) in [7, 11) is 0. The second-order valence-electron chi connectivity index (χ2n) is 8.00. The van der Waals surface area contributed by atoms with Gasteiger partial charge in [0.2, 0.25) is 0 Å². The number of rotatable bonds is 7. The maximum Gasteiger partial charge on any atom is 0.162 e. The van der Waals surface area contributed by atoms with Gasteiger partial charge in [-0.2, -0.15) is 0 Å². The van der Waals surface area contributed by atoms with Gasteiger partial charge in [-0.1, -0.05) is 24.3 Å². The molecule has 1 aliphatic heterocycles. The number of likely N-dealkylation sites (tertiary alicyclic amines) is 1. The predicted molar refractivity (Wildman–Crippen MR) is 114 cm³/mol. The molecule has 0 spiro atoms. The Morgan fingerprint density at radius 1 is 1.00 bits per heavy atom. The summed E-state index contributed by atoms with van der Waals surface area (Å²) in [5, 5.41) is 11.1. The summed E-state index contributed by atoms with van der Waals surface area (Å²) in [5.74, 6) is -0.287. The number of carbonyl (C=O) groups excluding carboxylic acids is 1. The molecule has 5 heteroatoms. The standard InChI is InChI=1S/C25H26FNO3/c26-23-9-5-20(6-10-23)24(28)2-1-14-27-15-12-25(29,13-16-27)22-7-3-19(4-8-22)21-11-17-30-18-21/h3-11,17-18,29H,1-2,12-16H2. The van der Waals surface area contributed by atoms with E-state index in [9.17, 15) is 14.3 Å². The highest BCUT2D eigenvalue weighted by Crippen LogP contribution is 2.34. The highest BCUT2D eigenvalue weighted by molar-refractivity contribution is 5.95. The second kappa shape index (κ2) is 8.94. The number of halogens is 1. The predicted octanol–water partition coefficient (Wildman–Crippen LogP) is 5.03. The van der Waals surface area contributed by atoms with Gasteiger partial charge in [0.25, 0.3) is 0 Å². The Labute approximate surface area is 175 Å². The zero-order valence-electron chi connectivity index (χ0n) is 16.9. The minimum Gasteiger partial charge on any atom is -0.472 e. The Kier molecular flexibility index (Phi) is 6.11. The van der Waals surface area contributed by atoms with Crippen LogP contribution in [0.4, 0.5) is 4.39 Å². The van der Waals surface area contributed by atoms with E-state index in [4.69, 9.17) is 4.42 Å². The Hall–Kier alpha value is -2.76. The van der Waals surface area contributed by atoms with Gasteiger partial charge in [0.05, 0.1) is 18.1 Å². The quantitative estimate of drug-likeness (QED) is 0.558. The van der Waals surface area contributed by atoms with Gasteiger partial charge < -0.3 is 14.4 Å². The highest BCUT2D eigenvalue weighted by atomic mass is 19.1. The van der Waals surface area contributed by atoms with E-state index in [0.717, 1.165) is 42.7 Å². The fraction of sp³-hybridized carbons (Fsp3) is 0.320. The molecule has 156 valence electrons. The number of aliphatic hydroxyl groups is 1. The van der Waals surface area contributed by atoms with Crippen LogP contribution < -0.4 is 0 Å². The molecule has 1 fully saturated rings. The number of Topliss-reactive ketones (excluding diaryl/α,β-unsaturated/α-hetero) is 1. The minimum atomic E-state index is -0.810. The molecule has 3 aromatic rings. The third-order valence-corrected chi connectivity index (χ3v) is 6.00. The van der Waals surface area contributed by atoms with Crippen LogP contribution in [0.2, 0.25) is 0 Å². The van der Waals surface area contributed by atoms with Crippen molar-refractivity contribution in [1.82, 2.24) is 4.90 Å². The molecule has 1 aliphatic rings.